The third kappa shape index (κ3) is 4.20. The van der Waals surface area contributed by atoms with E-state index in [0.717, 1.165) is 4.31 Å². The lowest BCUT2D eigenvalue weighted by Gasteiger charge is -2.40. The summed E-state index contributed by atoms with van der Waals surface area (Å²) in [4.78, 5) is 10.5. The van der Waals surface area contributed by atoms with Crippen LogP contribution in [0, 0.1) is 6.92 Å². The molecule has 0 unspecified atom stereocenters. The second-order valence-corrected chi connectivity index (χ2v) is 7.90. The number of aryl methyl sites for hydroxylation is 1. The molecule has 0 spiro atoms. The molecule has 0 aliphatic carbocycles. The number of nitrogens with zero attached hydrogens (tertiary/aromatic N) is 1. The lowest BCUT2D eigenvalue weighted by atomic mass is 10.0. The molecule has 1 aliphatic heterocycles. The van der Waals surface area contributed by atoms with E-state index in [2.05, 4.69) is 0 Å². The first kappa shape index (κ1) is 17.7. The molecule has 1 aromatic rings. The zero-order valence-corrected chi connectivity index (χ0v) is 13.9. The Balaban J connectivity index is 2.03. The van der Waals surface area contributed by atoms with Crippen molar-refractivity contribution in [1.29, 1.82) is 0 Å². The number of rotatable bonds is 7. The first-order valence-electron chi connectivity index (χ1n) is 7.26. The normalized spacial score (nSPS) is 17.5. The second-order valence-electron chi connectivity index (χ2n) is 5.96. The molecule has 1 aromatic carbocycles. The van der Waals surface area contributed by atoms with Gasteiger partial charge >= 0.3 is 5.97 Å². The van der Waals surface area contributed by atoms with E-state index in [0.29, 0.717) is 17.7 Å². The van der Waals surface area contributed by atoms with Crippen molar-refractivity contribution < 1.29 is 27.4 Å². The highest BCUT2D eigenvalue weighted by molar-refractivity contribution is 7.89. The van der Waals surface area contributed by atoms with Gasteiger partial charge in [-0.2, -0.15) is 4.31 Å². The fraction of sp³-hybridized carbons (Fsp3) is 0.533. The molecule has 0 radical (unpaired) electrons. The lowest BCUT2D eigenvalue weighted by Crippen LogP contribution is -2.58. The summed E-state index contributed by atoms with van der Waals surface area (Å²) in [7, 11) is -3.69. The topological polar surface area (TPSA) is 83.9 Å². The number of hydrogen-bond acceptors (Lipinski definition) is 4. The molecule has 1 heterocycles. The van der Waals surface area contributed by atoms with Crippen LogP contribution in [0.25, 0.3) is 0 Å². The van der Waals surface area contributed by atoms with Gasteiger partial charge in [-0.15, -0.1) is 0 Å². The Kier molecular flexibility index (Phi) is 4.95. The van der Waals surface area contributed by atoms with Crippen LogP contribution in [0.15, 0.2) is 23.1 Å². The van der Waals surface area contributed by atoms with Crippen LogP contribution in [0.1, 0.15) is 25.3 Å². The Morgan fingerprint density at radius 3 is 2.61 bits per heavy atom. The number of carboxylic acids is 1. The minimum Gasteiger partial charge on any atom is -0.493 e. The number of benzene rings is 1. The summed E-state index contributed by atoms with van der Waals surface area (Å²) >= 11 is 0. The summed E-state index contributed by atoms with van der Waals surface area (Å²) in [6.45, 7) is 3.05. The molecule has 0 bridgehead atoms. The van der Waals surface area contributed by atoms with Crippen LogP contribution >= 0.6 is 0 Å². The smallest absolute Gasteiger partial charge is 0.303 e. The summed E-state index contributed by atoms with van der Waals surface area (Å²) in [5, 5.41) is 8.56. The maximum atomic E-state index is 13.5. The number of hydrogen-bond donors (Lipinski definition) is 1. The van der Waals surface area contributed by atoms with E-state index in [1.165, 1.54) is 25.1 Å². The Morgan fingerprint density at radius 1 is 1.43 bits per heavy atom. The molecule has 1 saturated heterocycles. The highest BCUT2D eigenvalue weighted by atomic mass is 32.2. The van der Waals surface area contributed by atoms with Crippen molar-refractivity contribution in [2.24, 2.45) is 0 Å². The van der Waals surface area contributed by atoms with Crippen molar-refractivity contribution in [3.8, 4) is 5.75 Å². The van der Waals surface area contributed by atoms with Gasteiger partial charge in [0.15, 0.2) is 0 Å². The van der Waals surface area contributed by atoms with Crippen molar-refractivity contribution in [3.63, 3.8) is 0 Å². The van der Waals surface area contributed by atoms with Gasteiger partial charge in [0.05, 0.1) is 11.5 Å². The van der Waals surface area contributed by atoms with Crippen LogP contribution in [-0.2, 0) is 14.8 Å². The summed E-state index contributed by atoms with van der Waals surface area (Å²) in [6.07, 6.45) is 0.389. The van der Waals surface area contributed by atoms with Gasteiger partial charge in [0, 0.05) is 19.5 Å². The van der Waals surface area contributed by atoms with E-state index in [1.54, 1.807) is 6.92 Å². The third-order valence-electron chi connectivity index (χ3n) is 3.59. The quantitative estimate of drug-likeness (QED) is 0.764. The molecular formula is C15H20FNO5S. The van der Waals surface area contributed by atoms with Crippen molar-refractivity contribution >= 4 is 16.0 Å². The molecule has 2 rings (SSSR count). The number of alkyl halides is 1. The van der Waals surface area contributed by atoms with Crippen LogP contribution in [-0.4, -0.2) is 49.2 Å². The molecule has 0 amide bonds. The van der Waals surface area contributed by atoms with Crippen molar-refractivity contribution in [2.45, 2.75) is 37.3 Å². The lowest BCUT2D eigenvalue weighted by molar-refractivity contribution is -0.137. The van der Waals surface area contributed by atoms with Gasteiger partial charge in [0.25, 0.3) is 0 Å². The SMILES string of the molecule is Cc1cc(S(=O)(=O)N2CC(C)(F)C2)ccc1OCCCC(=O)O. The molecule has 1 aliphatic rings. The fourth-order valence-electron chi connectivity index (χ4n) is 2.36. The van der Waals surface area contributed by atoms with Gasteiger partial charge in [0.2, 0.25) is 10.0 Å². The van der Waals surface area contributed by atoms with Gasteiger partial charge in [-0.05, 0) is 44.0 Å². The molecule has 6 nitrogen and oxygen atoms in total. The van der Waals surface area contributed by atoms with E-state index >= 15 is 0 Å². The standard InChI is InChI=1S/C15H20FNO5S/c1-11-8-12(23(20,21)17-9-15(2,16)10-17)5-6-13(11)22-7-3-4-14(18)19/h5-6,8H,3-4,7,9-10H2,1-2H3,(H,18,19). The number of carbonyl (C=O) groups is 1. The van der Waals surface area contributed by atoms with Gasteiger partial charge in [0.1, 0.15) is 11.4 Å². The molecular weight excluding hydrogens is 325 g/mol. The summed E-state index contributed by atoms with van der Waals surface area (Å²) < 4.78 is 44.8. The average molecular weight is 345 g/mol. The third-order valence-corrected chi connectivity index (χ3v) is 5.38. The first-order chi connectivity index (χ1) is 10.6. The number of ether oxygens (including phenoxy) is 1. The van der Waals surface area contributed by atoms with Crippen LogP contribution in [0.5, 0.6) is 5.75 Å². The highest BCUT2D eigenvalue weighted by Gasteiger charge is 2.45. The van der Waals surface area contributed by atoms with E-state index in [-0.39, 0.29) is 31.0 Å². The molecule has 0 aromatic heterocycles. The van der Waals surface area contributed by atoms with Gasteiger partial charge in [-0.25, -0.2) is 12.8 Å². The Hall–Kier alpha value is -1.67. The Labute approximate surface area is 134 Å². The number of sulfonamides is 1. The van der Waals surface area contributed by atoms with Gasteiger partial charge in [-0.1, -0.05) is 0 Å². The molecule has 1 N–H and O–H groups in total. The molecule has 1 fully saturated rings. The zero-order chi connectivity index (χ0) is 17.3. The van der Waals surface area contributed by atoms with Crippen molar-refractivity contribution in [3.05, 3.63) is 23.8 Å². The summed E-state index contributed by atoms with van der Waals surface area (Å²) in [5.41, 5.74) is -0.833. The largest absolute Gasteiger partial charge is 0.493 e. The minimum absolute atomic E-state index is 0.0163. The Morgan fingerprint density at radius 2 is 2.09 bits per heavy atom. The molecule has 23 heavy (non-hydrogen) atoms. The van der Waals surface area contributed by atoms with Crippen LogP contribution < -0.4 is 4.74 Å². The van der Waals surface area contributed by atoms with E-state index < -0.39 is 21.7 Å². The number of halogens is 1. The van der Waals surface area contributed by atoms with E-state index in [1.807, 2.05) is 0 Å². The van der Waals surface area contributed by atoms with Crippen LogP contribution in [0.4, 0.5) is 4.39 Å². The van der Waals surface area contributed by atoms with E-state index in [9.17, 15) is 17.6 Å². The monoisotopic (exact) mass is 345 g/mol. The number of carboxylic acid groups (broad SMARTS) is 1. The molecule has 8 heteroatoms. The zero-order valence-electron chi connectivity index (χ0n) is 13.1. The summed E-state index contributed by atoms with van der Waals surface area (Å²) in [5.74, 6) is -0.380. The maximum Gasteiger partial charge on any atom is 0.303 e. The predicted octanol–water partition coefficient (Wildman–Crippen LogP) is 1.97. The maximum absolute atomic E-state index is 13.5. The fourth-order valence-corrected chi connectivity index (χ4v) is 4.10. The van der Waals surface area contributed by atoms with Gasteiger partial charge < -0.3 is 9.84 Å². The molecule has 0 atom stereocenters. The van der Waals surface area contributed by atoms with Crippen molar-refractivity contribution in [2.75, 3.05) is 19.7 Å². The minimum atomic E-state index is -3.69. The predicted molar refractivity (Wildman–Crippen MR) is 81.8 cm³/mol. The van der Waals surface area contributed by atoms with Gasteiger partial charge in [-0.3, -0.25) is 4.79 Å². The van der Waals surface area contributed by atoms with Crippen LogP contribution in [0.2, 0.25) is 0 Å². The highest BCUT2D eigenvalue weighted by Crippen LogP contribution is 2.32. The molecule has 128 valence electrons. The Bertz CT molecular complexity index is 694. The average Bonchev–Trinajstić information content (AvgIpc) is 2.41. The van der Waals surface area contributed by atoms with Crippen LogP contribution in [0.3, 0.4) is 0 Å². The van der Waals surface area contributed by atoms with Crippen molar-refractivity contribution in [1.82, 2.24) is 4.31 Å². The van der Waals surface area contributed by atoms with E-state index in [4.69, 9.17) is 9.84 Å². The summed E-state index contributed by atoms with van der Waals surface area (Å²) in [6, 6.07) is 4.44. The number of aliphatic carboxylic acids is 1. The second kappa shape index (κ2) is 6.45. The first-order valence-corrected chi connectivity index (χ1v) is 8.70. The molecule has 0 saturated carbocycles.